The van der Waals surface area contributed by atoms with Gasteiger partial charge in [0.1, 0.15) is 5.75 Å². The monoisotopic (exact) mass is 272 g/mol. The summed E-state index contributed by atoms with van der Waals surface area (Å²) >= 11 is 0. The zero-order chi connectivity index (χ0) is 13.6. The van der Waals surface area contributed by atoms with Crippen molar-refractivity contribution in [2.75, 3.05) is 26.5 Å². The normalized spacial score (nSPS) is 11.0. The van der Waals surface area contributed by atoms with Crippen molar-refractivity contribution in [1.82, 2.24) is 10.0 Å². The number of methoxy groups -OCH3 is 1. The lowest BCUT2D eigenvalue weighted by Gasteiger charge is -2.09. The second kappa shape index (κ2) is 6.36. The predicted octanol–water partition coefficient (Wildman–Crippen LogP) is -0.0258. The van der Waals surface area contributed by atoms with Gasteiger partial charge in [-0.05, 0) is 12.1 Å². The third kappa shape index (κ3) is 4.72. The summed E-state index contributed by atoms with van der Waals surface area (Å²) < 4.78 is 28.9. The quantitative estimate of drug-likeness (QED) is 0.712. The van der Waals surface area contributed by atoms with Gasteiger partial charge in [-0.15, -0.1) is 0 Å². The molecule has 0 saturated heterocycles. The maximum atomic E-state index is 11.8. The third-order valence-electron chi connectivity index (χ3n) is 2.13. The van der Waals surface area contributed by atoms with E-state index in [1.165, 1.54) is 7.11 Å². The highest BCUT2D eigenvalue weighted by Crippen LogP contribution is 2.16. The van der Waals surface area contributed by atoms with E-state index in [2.05, 4.69) is 10.0 Å². The van der Waals surface area contributed by atoms with Crippen molar-refractivity contribution in [3.8, 4) is 5.75 Å². The van der Waals surface area contributed by atoms with Crippen molar-refractivity contribution in [2.45, 2.75) is 0 Å². The number of hydrogen-bond acceptors (Lipinski definition) is 4. The molecule has 7 heteroatoms. The summed E-state index contributed by atoms with van der Waals surface area (Å²) in [5.41, 5.74) is 0.416. The van der Waals surface area contributed by atoms with Gasteiger partial charge in [-0.25, -0.2) is 13.1 Å². The standard InChI is InChI=1S/C11H16N2O4S/c1-17-10-6-4-3-5-9(10)11(14)12-7-8-13-18(2,15)16/h3-6,13H,7-8H2,1-2H3,(H,12,14). The van der Waals surface area contributed by atoms with Gasteiger partial charge in [-0.1, -0.05) is 12.1 Å². The lowest BCUT2D eigenvalue weighted by atomic mass is 10.2. The number of amides is 1. The minimum absolute atomic E-state index is 0.153. The Morgan fingerprint density at radius 1 is 1.28 bits per heavy atom. The molecular weight excluding hydrogens is 256 g/mol. The largest absolute Gasteiger partial charge is 0.496 e. The molecule has 0 atom stereocenters. The molecule has 0 radical (unpaired) electrons. The van der Waals surface area contributed by atoms with Crippen LogP contribution in [0.25, 0.3) is 0 Å². The summed E-state index contributed by atoms with van der Waals surface area (Å²) in [5.74, 6) is 0.175. The number of ether oxygens (including phenoxy) is 1. The summed E-state index contributed by atoms with van der Waals surface area (Å²) in [6.45, 7) is 0.365. The fourth-order valence-electron chi connectivity index (χ4n) is 1.34. The first-order chi connectivity index (χ1) is 8.44. The molecule has 2 N–H and O–H groups in total. The highest BCUT2D eigenvalue weighted by atomic mass is 32.2. The van der Waals surface area contributed by atoms with Crippen molar-refractivity contribution >= 4 is 15.9 Å². The lowest BCUT2D eigenvalue weighted by Crippen LogP contribution is -2.34. The highest BCUT2D eigenvalue weighted by Gasteiger charge is 2.10. The Labute approximate surface area is 106 Å². The van der Waals surface area contributed by atoms with Crippen LogP contribution in [0.3, 0.4) is 0 Å². The molecule has 0 bridgehead atoms. The van der Waals surface area contributed by atoms with Crippen LogP contribution in [0, 0.1) is 0 Å². The van der Waals surface area contributed by atoms with E-state index in [0.717, 1.165) is 6.26 Å². The average molecular weight is 272 g/mol. The smallest absolute Gasteiger partial charge is 0.255 e. The highest BCUT2D eigenvalue weighted by molar-refractivity contribution is 7.88. The molecule has 0 aliphatic rings. The molecular formula is C11H16N2O4S. The van der Waals surface area contributed by atoms with E-state index in [-0.39, 0.29) is 19.0 Å². The zero-order valence-electron chi connectivity index (χ0n) is 10.3. The number of hydrogen-bond donors (Lipinski definition) is 2. The Morgan fingerprint density at radius 3 is 2.56 bits per heavy atom. The molecule has 1 aromatic carbocycles. The van der Waals surface area contributed by atoms with Crippen molar-refractivity contribution in [1.29, 1.82) is 0 Å². The van der Waals surface area contributed by atoms with E-state index in [0.29, 0.717) is 11.3 Å². The van der Waals surface area contributed by atoms with Gasteiger partial charge in [0.25, 0.3) is 5.91 Å². The SMILES string of the molecule is COc1ccccc1C(=O)NCCNS(C)(=O)=O. The Morgan fingerprint density at radius 2 is 1.94 bits per heavy atom. The molecule has 0 aromatic heterocycles. The fourth-order valence-corrected chi connectivity index (χ4v) is 1.81. The summed E-state index contributed by atoms with van der Waals surface area (Å²) in [4.78, 5) is 11.8. The topological polar surface area (TPSA) is 84.5 Å². The number of para-hydroxylation sites is 1. The summed E-state index contributed by atoms with van der Waals surface area (Å²) in [6.07, 6.45) is 1.06. The van der Waals surface area contributed by atoms with Crippen LogP contribution >= 0.6 is 0 Å². The van der Waals surface area contributed by atoms with Gasteiger partial charge < -0.3 is 10.1 Å². The minimum atomic E-state index is -3.23. The van der Waals surface area contributed by atoms with E-state index < -0.39 is 10.0 Å². The zero-order valence-corrected chi connectivity index (χ0v) is 11.1. The molecule has 6 nitrogen and oxygen atoms in total. The fraction of sp³-hybridized carbons (Fsp3) is 0.364. The van der Waals surface area contributed by atoms with Gasteiger partial charge in [0.05, 0.1) is 18.9 Å². The molecule has 0 spiro atoms. The second-order valence-electron chi connectivity index (χ2n) is 3.62. The second-order valence-corrected chi connectivity index (χ2v) is 5.46. The molecule has 1 rings (SSSR count). The Balaban J connectivity index is 2.51. The molecule has 0 heterocycles. The van der Waals surface area contributed by atoms with Crippen molar-refractivity contribution in [3.63, 3.8) is 0 Å². The summed E-state index contributed by atoms with van der Waals surface area (Å²) in [5, 5.41) is 2.60. The van der Waals surface area contributed by atoms with Gasteiger partial charge in [0.15, 0.2) is 0 Å². The lowest BCUT2D eigenvalue weighted by molar-refractivity contribution is 0.0951. The molecule has 0 unspecified atom stereocenters. The van der Waals surface area contributed by atoms with Crippen LogP contribution in [-0.4, -0.2) is 40.8 Å². The summed E-state index contributed by atoms with van der Waals surface area (Å²) in [7, 11) is -1.74. The molecule has 18 heavy (non-hydrogen) atoms. The van der Waals surface area contributed by atoms with Gasteiger partial charge >= 0.3 is 0 Å². The molecule has 0 fully saturated rings. The summed E-state index contributed by atoms with van der Waals surface area (Å²) in [6, 6.07) is 6.81. The first-order valence-electron chi connectivity index (χ1n) is 5.30. The van der Waals surface area contributed by atoms with E-state index in [1.54, 1.807) is 24.3 Å². The van der Waals surface area contributed by atoms with Crippen LogP contribution in [0.4, 0.5) is 0 Å². The van der Waals surface area contributed by atoms with Gasteiger partial charge in [-0.2, -0.15) is 0 Å². The Hall–Kier alpha value is -1.60. The van der Waals surface area contributed by atoms with Gasteiger partial charge in [-0.3, -0.25) is 4.79 Å². The number of carbonyl (C=O) groups is 1. The van der Waals surface area contributed by atoms with Crippen LogP contribution in [0.1, 0.15) is 10.4 Å². The van der Waals surface area contributed by atoms with Crippen LogP contribution < -0.4 is 14.8 Å². The first kappa shape index (κ1) is 14.5. The number of rotatable bonds is 6. The number of carbonyl (C=O) groups excluding carboxylic acids is 1. The van der Waals surface area contributed by atoms with Crippen LogP contribution in [0.2, 0.25) is 0 Å². The molecule has 0 aliphatic heterocycles. The molecule has 1 aromatic rings. The third-order valence-corrected chi connectivity index (χ3v) is 2.85. The Bertz CT molecular complexity index is 514. The average Bonchev–Trinajstić information content (AvgIpc) is 2.33. The number of sulfonamides is 1. The van der Waals surface area contributed by atoms with Crippen LogP contribution in [-0.2, 0) is 10.0 Å². The predicted molar refractivity (Wildman–Crippen MR) is 68.2 cm³/mol. The van der Waals surface area contributed by atoms with E-state index in [9.17, 15) is 13.2 Å². The van der Waals surface area contributed by atoms with Crippen LogP contribution in [0.5, 0.6) is 5.75 Å². The van der Waals surface area contributed by atoms with E-state index >= 15 is 0 Å². The Kier molecular flexibility index (Phi) is 5.11. The minimum Gasteiger partial charge on any atom is -0.496 e. The van der Waals surface area contributed by atoms with E-state index in [1.807, 2.05) is 0 Å². The molecule has 0 aliphatic carbocycles. The number of benzene rings is 1. The van der Waals surface area contributed by atoms with Crippen molar-refractivity contribution in [2.24, 2.45) is 0 Å². The molecule has 0 saturated carbocycles. The van der Waals surface area contributed by atoms with Crippen molar-refractivity contribution in [3.05, 3.63) is 29.8 Å². The van der Waals surface area contributed by atoms with Gasteiger partial charge in [0.2, 0.25) is 10.0 Å². The molecule has 100 valence electrons. The van der Waals surface area contributed by atoms with Crippen molar-refractivity contribution < 1.29 is 17.9 Å². The van der Waals surface area contributed by atoms with Crippen LogP contribution in [0.15, 0.2) is 24.3 Å². The number of nitrogens with one attached hydrogen (secondary N) is 2. The first-order valence-corrected chi connectivity index (χ1v) is 7.19. The molecule has 1 amide bonds. The maximum Gasteiger partial charge on any atom is 0.255 e. The van der Waals surface area contributed by atoms with E-state index in [4.69, 9.17) is 4.74 Å². The van der Waals surface area contributed by atoms with Gasteiger partial charge in [0, 0.05) is 13.1 Å². The maximum absolute atomic E-state index is 11.8.